The first-order chi connectivity index (χ1) is 8.85. The Morgan fingerprint density at radius 1 is 1.42 bits per heavy atom. The third-order valence-corrected chi connectivity index (χ3v) is 2.93. The van der Waals surface area contributed by atoms with Gasteiger partial charge in [0.1, 0.15) is 12.4 Å². The third kappa shape index (κ3) is 3.72. The number of hydrogen-bond donors (Lipinski definition) is 1. The van der Waals surface area contributed by atoms with Crippen molar-refractivity contribution in [3.63, 3.8) is 0 Å². The molecule has 0 unspecified atom stereocenters. The molecule has 0 aliphatic carbocycles. The molecule has 0 saturated carbocycles. The van der Waals surface area contributed by atoms with Crippen molar-refractivity contribution in [2.45, 2.75) is 19.3 Å². The molecule has 0 bridgehead atoms. The van der Waals surface area contributed by atoms with Crippen molar-refractivity contribution in [3.8, 4) is 0 Å². The molecule has 19 heavy (non-hydrogen) atoms. The zero-order valence-electron chi connectivity index (χ0n) is 9.95. The van der Waals surface area contributed by atoms with E-state index in [4.69, 9.17) is 0 Å². The van der Waals surface area contributed by atoms with Crippen molar-refractivity contribution in [1.82, 2.24) is 19.3 Å². The number of aromatic nitrogens is 4. The predicted octanol–water partition coefficient (Wildman–Crippen LogP) is 2.55. The first-order valence-electron chi connectivity index (χ1n) is 5.35. The summed E-state index contributed by atoms with van der Waals surface area (Å²) in [6.45, 7) is -0.883. The summed E-state index contributed by atoms with van der Waals surface area (Å²) in [5.41, 5.74) is 0. The lowest BCUT2D eigenvalue weighted by Gasteiger charge is -2.11. The molecule has 0 aromatic carbocycles. The maximum Gasteiger partial charge on any atom is 0.406 e. The molecular weight excluding hydrogens is 327 g/mol. The molecule has 0 fully saturated rings. The second-order valence-electron chi connectivity index (χ2n) is 3.94. The summed E-state index contributed by atoms with van der Waals surface area (Å²) in [6.07, 6.45) is 0.125. The second kappa shape index (κ2) is 5.24. The Morgan fingerprint density at radius 3 is 2.74 bits per heavy atom. The van der Waals surface area contributed by atoms with Gasteiger partial charge in [-0.25, -0.2) is 4.98 Å². The van der Waals surface area contributed by atoms with E-state index < -0.39 is 12.7 Å². The van der Waals surface area contributed by atoms with Crippen LogP contribution in [0, 0.1) is 0 Å². The van der Waals surface area contributed by atoms with Crippen molar-refractivity contribution in [2.75, 3.05) is 5.32 Å². The van der Waals surface area contributed by atoms with Gasteiger partial charge in [-0.2, -0.15) is 18.3 Å². The summed E-state index contributed by atoms with van der Waals surface area (Å²) < 4.78 is 40.4. The van der Waals surface area contributed by atoms with Crippen LogP contribution in [0.3, 0.4) is 0 Å². The molecule has 2 aromatic rings. The van der Waals surface area contributed by atoms with E-state index in [0.717, 1.165) is 9.04 Å². The van der Waals surface area contributed by atoms with Crippen LogP contribution in [0.25, 0.3) is 0 Å². The van der Waals surface area contributed by atoms with Gasteiger partial charge in [0.2, 0.25) is 0 Å². The fourth-order valence-corrected chi connectivity index (χ4v) is 2.10. The van der Waals surface area contributed by atoms with Crippen molar-refractivity contribution < 1.29 is 13.2 Å². The van der Waals surface area contributed by atoms with Crippen molar-refractivity contribution >= 4 is 21.7 Å². The Kier molecular flexibility index (Phi) is 3.83. The minimum atomic E-state index is -4.26. The topological polar surface area (TPSA) is 47.7 Å². The average Bonchev–Trinajstić information content (AvgIpc) is 2.80. The largest absolute Gasteiger partial charge is 0.406 e. The Morgan fingerprint density at radius 2 is 2.16 bits per heavy atom. The van der Waals surface area contributed by atoms with Crippen LogP contribution < -0.4 is 5.32 Å². The first-order valence-corrected chi connectivity index (χ1v) is 6.14. The van der Waals surface area contributed by atoms with Crippen LogP contribution in [0.4, 0.5) is 19.0 Å². The highest BCUT2D eigenvalue weighted by molar-refractivity contribution is 9.10. The fourth-order valence-electron chi connectivity index (χ4n) is 1.59. The highest BCUT2D eigenvalue weighted by Crippen LogP contribution is 2.21. The lowest BCUT2D eigenvalue weighted by atomic mass is 10.5. The summed E-state index contributed by atoms with van der Waals surface area (Å²) in [4.78, 5) is 3.90. The zero-order chi connectivity index (χ0) is 14.0. The molecule has 0 spiro atoms. The van der Waals surface area contributed by atoms with E-state index in [1.165, 1.54) is 12.4 Å². The van der Waals surface area contributed by atoms with E-state index in [1.54, 1.807) is 17.9 Å². The predicted molar refractivity (Wildman–Crippen MR) is 66.5 cm³/mol. The van der Waals surface area contributed by atoms with Crippen molar-refractivity contribution in [3.05, 3.63) is 28.9 Å². The monoisotopic (exact) mass is 337 g/mol. The lowest BCUT2D eigenvalue weighted by Crippen LogP contribution is -2.20. The number of hydrogen-bond acceptors (Lipinski definition) is 3. The smallest absolute Gasteiger partial charge is 0.360 e. The number of nitrogens with one attached hydrogen (secondary N) is 1. The van der Waals surface area contributed by atoms with Crippen LogP contribution in [0.2, 0.25) is 0 Å². The minimum Gasteiger partial charge on any atom is -0.360 e. The SMILES string of the molecule is Cn1cc(Br)c(NCc2nccn2CC(F)(F)F)n1. The fraction of sp³-hybridized carbons (Fsp3) is 0.400. The normalized spacial score (nSPS) is 11.8. The molecule has 0 radical (unpaired) electrons. The van der Waals surface area contributed by atoms with Gasteiger partial charge in [0.15, 0.2) is 5.82 Å². The number of anilines is 1. The summed E-state index contributed by atoms with van der Waals surface area (Å²) in [5.74, 6) is 0.860. The van der Waals surface area contributed by atoms with Gasteiger partial charge in [-0.15, -0.1) is 0 Å². The Balaban J connectivity index is 2.04. The van der Waals surface area contributed by atoms with Gasteiger partial charge in [-0.3, -0.25) is 4.68 Å². The van der Waals surface area contributed by atoms with Gasteiger partial charge < -0.3 is 9.88 Å². The molecule has 5 nitrogen and oxygen atoms in total. The van der Waals surface area contributed by atoms with Crippen molar-refractivity contribution in [1.29, 1.82) is 0 Å². The molecule has 2 rings (SSSR count). The third-order valence-electron chi connectivity index (χ3n) is 2.35. The standard InChI is InChI=1S/C10H11BrF3N5/c1-18-5-7(11)9(17-18)16-4-8-15-2-3-19(8)6-10(12,13)14/h2-3,5H,4,6H2,1H3,(H,16,17). The van der Waals surface area contributed by atoms with Crippen molar-refractivity contribution in [2.24, 2.45) is 7.05 Å². The Hall–Kier alpha value is -1.51. The second-order valence-corrected chi connectivity index (χ2v) is 4.79. The van der Waals surface area contributed by atoms with Crippen LogP contribution in [-0.4, -0.2) is 25.5 Å². The molecule has 2 aromatic heterocycles. The van der Waals surface area contributed by atoms with Gasteiger partial charge in [0, 0.05) is 25.6 Å². The van der Waals surface area contributed by atoms with E-state index in [2.05, 4.69) is 31.3 Å². The van der Waals surface area contributed by atoms with Gasteiger partial charge >= 0.3 is 6.18 Å². The number of halogens is 4. The highest BCUT2D eigenvalue weighted by Gasteiger charge is 2.28. The first kappa shape index (κ1) is 13.9. The zero-order valence-corrected chi connectivity index (χ0v) is 11.5. The van der Waals surface area contributed by atoms with Crippen LogP contribution in [0.15, 0.2) is 23.1 Å². The highest BCUT2D eigenvalue weighted by atomic mass is 79.9. The van der Waals surface area contributed by atoms with E-state index in [-0.39, 0.29) is 6.54 Å². The number of imidazole rings is 1. The van der Waals surface area contributed by atoms with E-state index in [1.807, 2.05) is 0 Å². The average molecular weight is 338 g/mol. The summed E-state index contributed by atoms with van der Waals surface area (Å²) in [7, 11) is 1.75. The molecule has 9 heteroatoms. The molecule has 1 N–H and O–H groups in total. The maximum absolute atomic E-state index is 12.3. The quantitative estimate of drug-likeness (QED) is 0.932. The minimum absolute atomic E-state index is 0.165. The summed E-state index contributed by atoms with van der Waals surface area (Å²) in [6, 6.07) is 0. The van der Waals surface area contributed by atoms with Crippen LogP contribution in [-0.2, 0) is 20.1 Å². The lowest BCUT2D eigenvalue weighted by molar-refractivity contribution is -0.141. The van der Waals surface area contributed by atoms with Crippen LogP contribution >= 0.6 is 15.9 Å². The molecule has 0 saturated heterocycles. The molecule has 0 aliphatic rings. The Labute approximate surface area is 115 Å². The molecule has 0 amide bonds. The summed E-state index contributed by atoms with van der Waals surface area (Å²) >= 11 is 3.30. The van der Waals surface area contributed by atoms with Gasteiger partial charge in [0.25, 0.3) is 0 Å². The van der Waals surface area contributed by atoms with E-state index >= 15 is 0 Å². The Bertz CT molecular complexity index is 560. The number of nitrogens with zero attached hydrogens (tertiary/aromatic N) is 4. The van der Waals surface area contributed by atoms with Gasteiger partial charge in [-0.05, 0) is 15.9 Å². The van der Waals surface area contributed by atoms with Crippen LogP contribution in [0.1, 0.15) is 5.82 Å². The maximum atomic E-state index is 12.3. The molecule has 104 valence electrons. The molecular formula is C10H11BrF3N5. The molecule has 2 heterocycles. The van der Waals surface area contributed by atoms with Gasteiger partial charge in [-0.1, -0.05) is 0 Å². The summed E-state index contributed by atoms with van der Waals surface area (Å²) in [5, 5.41) is 7.05. The molecule has 0 atom stereocenters. The van der Waals surface area contributed by atoms with Gasteiger partial charge in [0.05, 0.1) is 11.0 Å². The number of aryl methyl sites for hydroxylation is 1. The molecule has 0 aliphatic heterocycles. The number of rotatable bonds is 4. The van der Waals surface area contributed by atoms with E-state index in [0.29, 0.717) is 11.6 Å². The van der Waals surface area contributed by atoms with E-state index in [9.17, 15) is 13.2 Å². The van der Waals surface area contributed by atoms with Crippen LogP contribution in [0.5, 0.6) is 0 Å². The number of alkyl halides is 3.